The molecule has 0 saturated heterocycles. The minimum absolute atomic E-state index is 0. The molecule has 0 radical (unpaired) electrons. The highest BCUT2D eigenvalue weighted by Crippen LogP contribution is 2.12. The molecular formula is C10H14ClNO2. The van der Waals surface area contributed by atoms with E-state index in [-0.39, 0.29) is 18.3 Å². The Morgan fingerprint density at radius 2 is 2.00 bits per heavy atom. The third kappa shape index (κ3) is 4.14. The van der Waals surface area contributed by atoms with Gasteiger partial charge >= 0.3 is 6.09 Å². The first-order chi connectivity index (χ1) is 6.20. The van der Waals surface area contributed by atoms with E-state index in [1.807, 2.05) is 37.3 Å². The molecular weight excluding hydrogens is 202 g/mol. The van der Waals surface area contributed by atoms with Crippen LogP contribution in [0, 0.1) is 0 Å². The summed E-state index contributed by atoms with van der Waals surface area (Å²) < 4.78 is 0. The van der Waals surface area contributed by atoms with Crippen molar-refractivity contribution in [3.05, 3.63) is 35.9 Å². The van der Waals surface area contributed by atoms with E-state index in [9.17, 15) is 4.79 Å². The third-order valence-corrected chi connectivity index (χ3v) is 1.93. The third-order valence-electron chi connectivity index (χ3n) is 1.93. The van der Waals surface area contributed by atoms with Gasteiger partial charge in [0.25, 0.3) is 0 Å². The van der Waals surface area contributed by atoms with Crippen LogP contribution in [0.4, 0.5) is 4.79 Å². The topological polar surface area (TPSA) is 49.3 Å². The van der Waals surface area contributed by atoms with E-state index in [1.165, 1.54) is 0 Å². The Morgan fingerprint density at radius 1 is 1.43 bits per heavy atom. The number of hydrogen-bond acceptors (Lipinski definition) is 1. The molecule has 14 heavy (non-hydrogen) atoms. The second-order valence-corrected chi connectivity index (χ2v) is 3.00. The van der Waals surface area contributed by atoms with Gasteiger partial charge in [-0.15, -0.1) is 12.4 Å². The van der Waals surface area contributed by atoms with Gasteiger partial charge < -0.3 is 10.4 Å². The summed E-state index contributed by atoms with van der Waals surface area (Å²) in [6, 6.07) is 9.84. The molecule has 0 fully saturated rings. The lowest BCUT2D eigenvalue weighted by molar-refractivity contribution is 0.194. The Morgan fingerprint density at radius 3 is 2.50 bits per heavy atom. The molecule has 0 aliphatic heterocycles. The van der Waals surface area contributed by atoms with Gasteiger partial charge in [-0.3, -0.25) is 0 Å². The van der Waals surface area contributed by atoms with Crippen molar-refractivity contribution >= 4 is 18.5 Å². The van der Waals surface area contributed by atoms with Crippen molar-refractivity contribution in [1.82, 2.24) is 5.32 Å². The zero-order valence-electron chi connectivity index (χ0n) is 7.93. The van der Waals surface area contributed by atoms with Crippen LogP contribution in [-0.2, 0) is 0 Å². The van der Waals surface area contributed by atoms with Crippen molar-refractivity contribution in [3.8, 4) is 0 Å². The van der Waals surface area contributed by atoms with Gasteiger partial charge in [0.15, 0.2) is 0 Å². The fourth-order valence-corrected chi connectivity index (χ4v) is 1.14. The summed E-state index contributed by atoms with van der Waals surface area (Å²) in [5.41, 5.74) is 1.15. The molecule has 1 aromatic carbocycles. The Hall–Kier alpha value is -1.22. The van der Waals surface area contributed by atoms with Crippen LogP contribution in [0.5, 0.6) is 0 Å². The summed E-state index contributed by atoms with van der Waals surface area (Å²) >= 11 is 0. The molecule has 0 aliphatic rings. The highest BCUT2D eigenvalue weighted by atomic mass is 35.5. The van der Waals surface area contributed by atoms with E-state index in [2.05, 4.69) is 5.32 Å². The van der Waals surface area contributed by atoms with Gasteiger partial charge in [-0.1, -0.05) is 37.3 Å². The van der Waals surface area contributed by atoms with Gasteiger partial charge in [0.05, 0.1) is 0 Å². The Balaban J connectivity index is 0.00000169. The number of rotatable bonds is 3. The maximum absolute atomic E-state index is 10.2. The molecule has 4 heteroatoms. The van der Waals surface area contributed by atoms with Gasteiger partial charge in [-0.25, -0.2) is 4.79 Å². The molecule has 0 aliphatic carbocycles. The smallest absolute Gasteiger partial charge is 0.404 e. The number of carbonyl (C=O) groups is 1. The van der Waals surface area contributed by atoms with Crippen LogP contribution in [-0.4, -0.2) is 17.7 Å². The normalized spacial score (nSPS) is 11.2. The second-order valence-electron chi connectivity index (χ2n) is 3.00. The minimum atomic E-state index is -0.970. The van der Waals surface area contributed by atoms with E-state index in [0.29, 0.717) is 6.54 Å². The summed E-state index contributed by atoms with van der Waals surface area (Å²) in [7, 11) is 0. The van der Waals surface area contributed by atoms with Crippen molar-refractivity contribution < 1.29 is 9.90 Å². The first-order valence-corrected chi connectivity index (χ1v) is 4.22. The second kappa shape index (κ2) is 6.27. The van der Waals surface area contributed by atoms with E-state index >= 15 is 0 Å². The lowest BCUT2D eigenvalue weighted by Gasteiger charge is -2.10. The Labute approximate surface area is 89.5 Å². The van der Waals surface area contributed by atoms with E-state index in [0.717, 1.165) is 5.56 Å². The molecule has 2 N–H and O–H groups in total. The lowest BCUT2D eigenvalue weighted by atomic mass is 10.0. The zero-order valence-corrected chi connectivity index (χ0v) is 8.75. The molecule has 1 unspecified atom stereocenters. The Kier molecular flexibility index (Phi) is 5.72. The van der Waals surface area contributed by atoms with Crippen LogP contribution in [0.15, 0.2) is 30.3 Å². The highest BCUT2D eigenvalue weighted by molar-refractivity contribution is 5.85. The van der Waals surface area contributed by atoms with E-state index in [4.69, 9.17) is 5.11 Å². The van der Waals surface area contributed by atoms with Crippen molar-refractivity contribution in [2.75, 3.05) is 6.54 Å². The Bertz CT molecular complexity index is 277. The average Bonchev–Trinajstić information content (AvgIpc) is 2.15. The van der Waals surface area contributed by atoms with Gasteiger partial charge in [0, 0.05) is 6.54 Å². The monoisotopic (exact) mass is 215 g/mol. The molecule has 3 nitrogen and oxygen atoms in total. The maximum atomic E-state index is 10.2. The van der Waals surface area contributed by atoms with Crippen LogP contribution in [0.25, 0.3) is 0 Å². The standard InChI is InChI=1S/C10H13NO2.ClH/c1-8(7-11-10(12)13)9-5-3-2-4-6-9;/h2-6,8,11H,7H2,1H3,(H,12,13);1H. The predicted octanol–water partition coefficient (Wildman–Crippen LogP) is 2.48. The fraction of sp³-hybridized carbons (Fsp3) is 0.300. The number of nitrogens with one attached hydrogen (secondary N) is 1. The lowest BCUT2D eigenvalue weighted by Crippen LogP contribution is -2.25. The molecule has 1 aromatic rings. The van der Waals surface area contributed by atoms with Crippen molar-refractivity contribution in [3.63, 3.8) is 0 Å². The van der Waals surface area contributed by atoms with Crippen molar-refractivity contribution in [2.45, 2.75) is 12.8 Å². The first-order valence-electron chi connectivity index (χ1n) is 4.22. The van der Waals surface area contributed by atoms with Gasteiger partial charge in [0.1, 0.15) is 0 Å². The molecule has 1 amide bonds. The van der Waals surface area contributed by atoms with Gasteiger partial charge in [0.2, 0.25) is 0 Å². The molecule has 0 heterocycles. The SMILES string of the molecule is CC(CNC(=O)O)c1ccccc1.Cl. The van der Waals surface area contributed by atoms with Crippen molar-refractivity contribution in [1.29, 1.82) is 0 Å². The van der Waals surface area contributed by atoms with E-state index in [1.54, 1.807) is 0 Å². The van der Waals surface area contributed by atoms with Crippen molar-refractivity contribution in [2.24, 2.45) is 0 Å². The van der Waals surface area contributed by atoms with Crippen LogP contribution in [0.2, 0.25) is 0 Å². The number of halogens is 1. The first kappa shape index (κ1) is 12.8. The minimum Gasteiger partial charge on any atom is -0.465 e. The molecule has 0 aromatic heterocycles. The fourth-order valence-electron chi connectivity index (χ4n) is 1.14. The van der Waals surface area contributed by atoms with Crippen LogP contribution < -0.4 is 5.32 Å². The molecule has 0 spiro atoms. The summed E-state index contributed by atoms with van der Waals surface area (Å²) in [5, 5.41) is 10.8. The zero-order chi connectivity index (χ0) is 9.68. The molecule has 0 saturated carbocycles. The van der Waals surface area contributed by atoms with Gasteiger partial charge in [-0.2, -0.15) is 0 Å². The quantitative estimate of drug-likeness (QED) is 0.814. The summed E-state index contributed by atoms with van der Waals surface area (Å²) in [6.45, 7) is 2.45. The summed E-state index contributed by atoms with van der Waals surface area (Å²) in [4.78, 5) is 10.2. The number of amides is 1. The highest BCUT2D eigenvalue weighted by Gasteiger charge is 2.05. The molecule has 0 bridgehead atoms. The molecule has 1 rings (SSSR count). The number of carboxylic acid groups (broad SMARTS) is 1. The summed E-state index contributed by atoms with van der Waals surface area (Å²) in [6.07, 6.45) is -0.970. The van der Waals surface area contributed by atoms with Gasteiger partial charge in [-0.05, 0) is 11.5 Å². The molecule has 1 atom stereocenters. The number of benzene rings is 1. The van der Waals surface area contributed by atoms with Crippen LogP contribution >= 0.6 is 12.4 Å². The predicted molar refractivity (Wildman–Crippen MR) is 58.1 cm³/mol. The maximum Gasteiger partial charge on any atom is 0.404 e. The average molecular weight is 216 g/mol. The van der Waals surface area contributed by atoms with Crippen LogP contribution in [0.3, 0.4) is 0 Å². The summed E-state index contributed by atoms with van der Waals surface area (Å²) in [5.74, 6) is 0.220. The largest absolute Gasteiger partial charge is 0.465 e. The number of hydrogen-bond donors (Lipinski definition) is 2. The van der Waals surface area contributed by atoms with Crippen LogP contribution in [0.1, 0.15) is 18.4 Å². The van der Waals surface area contributed by atoms with E-state index < -0.39 is 6.09 Å². The molecule has 78 valence electrons.